The summed E-state index contributed by atoms with van der Waals surface area (Å²) in [5.41, 5.74) is 0. The molecule has 2 aromatic heterocycles. The van der Waals surface area contributed by atoms with Crippen molar-refractivity contribution in [2.24, 2.45) is 7.05 Å². The van der Waals surface area contributed by atoms with Crippen molar-refractivity contribution < 1.29 is 13.2 Å². The number of hydrogen-bond acceptors (Lipinski definition) is 6. The Morgan fingerprint density at radius 3 is 2.87 bits per heavy atom. The molecule has 0 unspecified atom stereocenters. The van der Waals surface area contributed by atoms with Crippen molar-refractivity contribution >= 4 is 10.0 Å². The summed E-state index contributed by atoms with van der Waals surface area (Å²) in [5.74, 6) is 1.07. The molecule has 1 saturated heterocycles. The third kappa shape index (κ3) is 3.35. The first-order chi connectivity index (χ1) is 11.0. The van der Waals surface area contributed by atoms with Crippen LogP contribution in [0, 0.1) is 6.92 Å². The van der Waals surface area contributed by atoms with Crippen molar-refractivity contribution in [3.63, 3.8) is 0 Å². The molecule has 0 bridgehead atoms. The molecule has 0 aliphatic carbocycles. The largest absolute Gasteiger partial charge is 0.472 e. The van der Waals surface area contributed by atoms with Gasteiger partial charge >= 0.3 is 0 Å². The van der Waals surface area contributed by atoms with E-state index in [0.29, 0.717) is 18.2 Å². The molecular formula is C14H19N5O3S. The molecule has 0 radical (unpaired) electrons. The van der Waals surface area contributed by atoms with E-state index in [2.05, 4.69) is 15.2 Å². The van der Waals surface area contributed by atoms with Crippen LogP contribution in [0.3, 0.4) is 0 Å². The van der Waals surface area contributed by atoms with Gasteiger partial charge in [0.05, 0.1) is 6.54 Å². The Bertz CT molecular complexity index is 755. The van der Waals surface area contributed by atoms with Crippen molar-refractivity contribution in [1.29, 1.82) is 0 Å². The second kappa shape index (κ2) is 6.25. The molecule has 23 heavy (non-hydrogen) atoms. The van der Waals surface area contributed by atoms with Gasteiger partial charge in [-0.1, -0.05) is 0 Å². The number of piperidine rings is 1. The quantitative estimate of drug-likeness (QED) is 0.818. The second-order valence-electron chi connectivity index (χ2n) is 5.54. The predicted molar refractivity (Wildman–Crippen MR) is 82.4 cm³/mol. The minimum Gasteiger partial charge on any atom is -0.472 e. The number of sulfonamides is 1. The maximum atomic E-state index is 12.7. The molecule has 124 valence electrons. The standard InChI is InChI=1S/C14H19N5O3S/c1-11-16-14(10-18(11)2)23(20,21)19-8-4-5-12(9-19)22-13-6-3-7-15-17-13/h3,6-7,10,12H,4-5,8-9H2,1-2H3/t12-/m1/s1. The molecule has 1 aliphatic heterocycles. The van der Waals surface area contributed by atoms with E-state index >= 15 is 0 Å². The molecule has 3 heterocycles. The maximum absolute atomic E-state index is 12.7. The number of nitrogens with zero attached hydrogens (tertiary/aromatic N) is 5. The molecule has 0 N–H and O–H groups in total. The minimum absolute atomic E-state index is 0.0812. The van der Waals surface area contributed by atoms with Crippen LogP contribution in [0.5, 0.6) is 5.88 Å². The zero-order valence-corrected chi connectivity index (χ0v) is 13.9. The van der Waals surface area contributed by atoms with Gasteiger partial charge in [0.15, 0.2) is 5.03 Å². The number of aryl methyl sites for hydroxylation is 2. The highest BCUT2D eigenvalue weighted by molar-refractivity contribution is 7.89. The first-order valence-corrected chi connectivity index (χ1v) is 8.85. The Morgan fingerprint density at radius 2 is 2.22 bits per heavy atom. The number of hydrogen-bond donors (Lipinski definition) is 0. The average Bonchev–Trinajstić information content (AvgIpc) is 2.89. The van der Waals surface area contributed by atoms with Crippen LogP contribution in [0.25, 0.3) is 0 Å². The van der Waals surface area contributed by atoms with Gasteiger partial charge in [0.1, 0.15) is 11.9 Å². The minimum atomic E-state index is -3.60. The van der Waals surface area contributed by atoms with Gasteiger partial charge in [-0.15, -0.1) is 5.10 Å². The summed E-state index contributed by atoms with van der Waals surface area (Å²) in [6.07, 6.45) is 4.38. The van der Waals surface area contributed by atoms with Gasteiger partial charge in [-0.3, -0.25) is 0 Å². The summed E-state index contributed by atoms with van der Waals surface area (Å²) >= 11 is 0. The Kier molecular flexibility index (Phi) is 4.31. The molecule has 9 heteroatoms. The van der Waals surface area contributed by atoms with E-state index in [1.165, 1.54) is 10.5 Å². The molecule has 8 nitrogen and oxygen atoms in total. The molecule has 2 aromatic rings. The third-order valence-corrected chi connectivity index (χ3v) is 5.60. The van der Waals surface area contributed by atoms with Gasteiger partial charge in [0, 0.05) is 32.1 Å². The van der Waals surface area contributed by atoms with Crippen LogP contribution in [0.1, 0.15) is 18.7 Å². The summed E-state index contributed by atoms with van der Waals surface area (Å²) in [7, 11) is -1.83. The highest BCUT2D eigenvalue weighted by Crippen LogP contribution is 2.22. The van der Waals surface area contributed by atoms with Gasteiger partial charge in [0.25, 0.3) is 10.0 Å². The number of rotatable bonds is 4. The van der Waals surface area contributed by atoms with E-state index < -0.39 is 10.0 Å². The van der Waals surface area contributed by atoms with Crippen LogP contribution in [0.4, 0.5) is 0 Å². The lowest BCUT2D eigenvalue weighted by Crippen LogP contribution is -2.44. The molecule has 0 saturated carbocycles. The number of aromatic nitrogens is 4. The van der Waals surface area contributed by atoms with E-state index in [-0.39, 0.29) is 17.7 Å². The fourth-order valence-electron chi connectivity index (χ4n) is 2.52. The second-order valence-corrected chi connectivity index (χ2v) is 7.43. The molecule has 0 spiro atoms. The normalized spacial score (nSPS) is 19.7. The number of ether oxygens (including phenoxy) is 1. The van der Waals surface area contributed by atoms with E-state index in [0.717, 1.165) is 12.8 Å². The fraction of sp³-hybridized carbons (Fsp3) is 0.500. The zero-order valence-electron chi connectivity index (χ0n) is 13.1. The molecule has 1 aliphatic rings. The number of imidazole rings is 1. The highest BCUT2D eigenvalue weighted by atomic mass is 32.2. The smallest absolute Gasteiger partial charge is 0.262 e. The van der Waals surface area contributed by atoms with Gasteiger partial charge in [0.2, 0.25) is 5.88 Å². The average molecular weight is 337 g/mol. The van der Waals surface area contributed by atoms with Crippen LogP contribution >= 0.6 is 0 Å². The first kappa shape index (κ1) is 15.9. The van der Waals surface area contributed by atoms with Crippen molar-refractivity contribution in [2.45, 2.75) is 30.9 Å². The lowest BCUT2D eigenvalue weighted by Gasteiger charge is -2.31. The zero-order chi connectivity index (χ0) is 16.4. The summed E-state index contributed by atoms with van der Waals surface area (Å²) in [6, 6.07) is 3.44. The van der Waals surface area contributed by atoms with Crippen LogP contribution < -0.4 is 4.74 Å². The summed E-state index contributed by atoms with van der Waals surface area (Å²) in [5, 5.41) is 7.72. The van der Waals surface area contributed by atoms with Crippen LogP contribution in [-0.4, -0.2) is 51.7 Å². The van der Waals surface area contributed by atoms with Crippen molar-refractivity contribution in [3.8, 4) is 5.88 Å². The first-order valence-electron chi connectivity index (χ1n) is 7.41. The SMILES string of the molecule is Cc1nc(S(=O)(=O)N2CCC[C@@H](Oc3cccnn3)C2)cn1C. The fourth-order valence-corrected chi connectivity index (χ4v) is 4.06. The highest BCUT2D eigenvalue weighted by Gasteiger charge is 2.33. The molecule has 0 amide bonds. The van der Waals surface area contributed by atoms with Crippen molar-refractivity contribution in [1.82, 2.24) is 24.1 Å². The Morgan fingerprint density at radius 1 is 1.39 bits per heavy atom. The monoisotopic (exact) mass is 337 g/mol. The van der Waals surface area contributed by atoms with Gasteiger partial charge in [-0.05, 0) is 25.8 Å². The van der Waals surface area contributed by atoms with E-state index in [1.54, 1.807) is 36.9 Å². The van der Waals surface area contributed by atoms with E-state index in [4.69, 9.17) is 4.74 Å². The Hall–Kier alpha value is -2.00. The maximum Gasteiger partial charge on any atom is 0.262 e. The summed E-state index contributed by atoms with van der Waals surface area (Å²) < 4.78 is 34.3. The van der Waals surface area contributed by atoms with Crippen LogP contribution in [0.2, 0.25) is 0 Å². The van der Waals surface area contributed by atoms with Crippen molar-refractivity contribution in [2.75, 3.05) is 13.1 Å². The van der Waals surface area contributed by atoms with Gasteiger partial charge in [-0.2, -0.15) is 9.40 Å². The van der Waals surface area contributed by atoms with E-state index in [1.807, 2.05) is 0 Å². The Labute approximate surface area is 135 Å². The lowest BCUT2D eigenvalue weighted by atomic mass is 10.1. The van der Waals surface area contributed by atoms with Crippen LogP contribution in [-0.2, 0) is 17.1 Å². The van der Waals surface area contributed by atoms with Gasteiger partial charge in [-0.25, -0.2) is 13.4 Å². The molecule has 0 aromatic carbocycles. The van der Waals surface area contributed by atoms with E-state index in [9.17, 15) is 8.42 Å². The molecule has 3 rings (SSSR count). The molecular weight excluding hydrogens is 318 g/mol. The summed E-state index contributed by atoms with van der Waals surface area (Å²) in [6.45, 7) is 2.53. The predicted octanol–water partition coefficient (Wildman–Crippen LogP) is 0.751. The summed E-state index contributed by atoms with van der Waals surface area (Å²) in [4.78, 5) is 4.14. The molecule has 1 fully saturated rings. The lowest BCUT2D eigenvalue weighted by molar-refractivity contribution is 0.123. The third-order valence-electron chi connectivity index (χ3n) is 3.87. The molecule has 1 atom stereocenters. The van der Waals surface area contributed by atoms with Crippen molar-refractivity contribution in [3.05, 3.63) is 30.4 Å². The van der Waals surface area contributed by atoms with Gasteiger partial charge < -0.3 is 9.30 Å². The Balaban J connectivity index is 1.75. The van der Waals surface area contributed by atoms with Crippen LogP contribution in [0.15, 0.2) is 29.6 Å². The topological polar surface area (TPSA) is 90.2 Å².